The molecule has 0 saturated carbocycles. The van der Waals surface area contributed by atoms with Gasteiger partial charge in [-0.15, -0.1) is 0 Å². The Morgan fingerprint density at radius 1 is 1.07 bits per heavy atom. The quantitative estimate of drug-likeness (QED) is 0.699. The van der Waals surface area contributed by atoms with Gasteiger partial charge in [-0.2, -0.15) is 0 Å². The molecule has 2 aliphatic heterocycles. The molecule has 0 N–H and O–H groups in total. The Morgan fingerprint density at radius 3 is 2.86 bits per heavy atom. The van der Waals surface area contributed by atoms with Gasteiger partial charge in [-0.1, -0.05) is 6.07 Å². The first-order valence-corrected chi connectivity index (χ1v) is 9.87. The molecular weight excluding hydrogens is 354 g/mol. The van der Waals surface area contributed by atoms with Crippen molar-refractivity contribution in [3.05, 3.63) is 54.6 Å². The van der Waals surface area contributed by atoms with E-state index >= 15 is 0 Å². The first-order valence-electron chi connectivity index (χ1n) is 9.87. The average Bonchev–Trinajstić information content (AvgIpc) is 3.48. The number of hydrogen-bond acceptors (Lipinski definition) is 5. The van der Waals surface area contributed by atoms with E-state index in [9.17, 15) is 4.79 Å². The zero-order valence-electron chi connectivity index (χ0n) is 15.7. The van der Waals surface area contributed by atoms with E-state index in [2.05, 4.69) is 14.9 Å². The Labute approximate surface area is 163 Å². The molecule has 0 bridgehead atoms. The minimum atomic E-state index is -0.0197. The van der Waals surface area contributed by atoms with E-state index in [1.54, 1.807) is 6.20 Å². The Balaban J connectivity index is 1.30. The van der Waals surface area contributed by atoms with Gasteiger partial charge in [0.15, 0.2) is 11.6 Å². The molecule has 3 aromatic heterocycles. The van der Waals surface area contributed by atoms with Gasteiger partial charge in [0.2, 0.25) is 0 Å². The highest BCUT2D eigenvalue weighted by Gasteiger charge is 2.30. The molecule has 5 heterocycles. The Morgan fingerprint density at radius 2 is 1.96 bits per heavy atom. The molecule has 0 radical (unpaired) electrons. The number of nitrogens with zero attached hydrogens (tertiary/aromatic N) is 5. The number of likely N-dealkylation sites (tertiary alicyclic amines) is 1. The Bertz CT molecular complexity index is 995. The predicted molar refractivity (Wildman–Crippen MR) is 106 cm³/mol. The van der Waals surface area contributed by atoms with E-state index in [1.165, 1.54) is 12.8 Å². The number of pyridine rings is 2. The first kappa shape index (κ1) is 17.0. The number of rotatable bonds is 4. The summed E-state index contributed by atoms with van der Waals surface area (Å²) in [6.07, 6.45) is 8.53. The summed E-state index contributed by atoms with van der Waals surface area (Å²) in [7, 11) is 0. The predicted octanol–water partition coefficient (Wildman–Crippen LogP) is 2.62. The topological polar surface area (TPSA) is 63.0 Å². The summed E-state index contributed by atoms with van der Waals surface area (Å²) in [5.74, 6) is 1.74. The average molecular weight is 377 g/mol. The smallest absolute Gasteiger partial charge is 0.272 e. The van der Waals surface area contributed by atoms with Crippen LogP contribution in [0, 0.1) is 0 Å². The third kappa shape index (κ3) is 3.06. The largest absolute Gasteiger partial charge is 0.485 e. The van der Waals surface area contributed by atoms with Gasteiger partial charge in [0.25, 0.3) is 5.91 Å². The number of anilines is 1. The van der Waals surface area contributed by atoms with Crippen LogP contribution in [0.5, 0.6) is 5.75 Å². The maximum Gasteiger partial charge on any atom is 0.272 e. The van der Waals surface area contributed by atoms with E-state index in [-0.39, 0.29) is 12.0 Å². The molecule has 1 atom stereocenters. The summed E-state index contributed by atoms with van der Waals surface area (Å²) in [5, 5.41) is 0. The summed E-state index contributed by atoms with van der Waals surface area (Å²) in [6.45, 7) is 3.31. The standard InChI is InChI=1S/C21H23N5O2/c27-21(17-14-23-19-7-1-2-12-26(17)19)25-13-8-16(15-25)28-18-6-5-9-22-20(18)24-10-3-4-11-24/h1-2,5-7,9,12,14,16H,3-4,8,10-11,13,15H2/t16-/m0/s1. The lowest BCUT2D eigenvalue weighted by atomic mass is 10.3. The lowest BCUT2D eigenvalue weighted by Gasteiger charge is -2.22. The van der Waals surface area contributed by atoms with Gasteiger partial charge in [0, 0.05) is 38.4 Å². The third-order valence-corrected chi connectivity index (χ3v) is 5.52. The lowest BCUT2D eigenvalue weighted by molar-refractivity contribution is 0.0765. The van der Waals surface area contributed by atoms with Crippen molar-refractivity contribution in [2.75, 3.05) is 31.1 Å². The van der Waals surface area contributed by atoms with Crippen LogP contribution in [0.3, 0.4) is 0 Å². The molecule has 2 saturated heterocycles. The third-order valence-electron chi connectivity index (χ3n) is 5.52. The van der Waals surface area contributed by atoms with E-state index in [1.807, 2.05) is 52.0 Å². The van der Waals surface area contributed by atoms with E-state index in [4.69, 9.17) is 4.74 Å². The molecule has 2 aliphatic rings. The van der Waals surface area contributed by atoms with Crippen molar-refractivity contribution in [3.63, 3.8) is 0 Å². The first-order chi connectivity index (χ1) is 13.8. The van der Waals surface area contributed by atoms with Gasteiger partial charge in [0.05, 0.1) is 12.7 Å². The van der Waals surface area contributed by atoms with Crippen LogP contribution in [0.25, 0.3) is 5.65 Å². The number of carbonyl (C=O) groups excluding carboxylic acids is 1. The van der Waals surface area contributed by atoms with Gasteiger partial charge < -0.3 is 14.5 Å². The van der Waals surface area contributed by atoms with Crippen LogP contribution in [-0.2, 0) is 0 Å². The van der Waals surface area contributed by atoms with Crippen LogP contribution in [0.4, 0.5) is 5.82 Å². The van der Waals surface area contributed by atoms with Crippen LogP contribution in [0.1, 0.15) is 29.8 Å². The zero-order chi connectivity index (χ0) is 18.9. The number of imidazole rings is 1. The highest BCUT2D eigenvalue weighted by atomic mass is 16.5. The van der Waals surface area contributed by atoms with Crippen molar-refractivity contribution >= 4 is 17.4 Å². The van der Waals surface area contributed by atoms with E-state index in [0.717, 1.165) is 36.7 Å². The fourth-order valence-corrected chi connectivity index (χ4v) is 4.08. The molecule has 3 aromatic rings. The minimum absolute atomic E-state index is 0.00393. The highest BCUT2D eigenvalue weighted by Crippen LogP contribution is 2.30. The maximum atomic E-state index is 13.0. The number of carbonyl (C=O) groups is 1. The molecule has 2 fully saturated rings. The number of ether oxygens (including phenoxy) is 1. The maximum absolute atomic E-state index is 13.0. The molecule has 0 aromatic carbocycles. The summed E-state index contributed by atoms with van der Waals surface area (Å²) in [5.41, 5.74) is 1.37. The second-order valence-electron chi connectivity index (χ2n) is 7.37. The number of fused-ring (bicyclic) bond motifs is 1. The minimum Gasteiger partial charge on any atom is -0.485 e. The highest BCUT2D eigenvalue weighted by molar-refractivity contribution is 5.93. The van der Waals surface area contributed by atoms with Gasteiger partial charge in [0.1, 0.15) is 17.4 Å². The molecule has 0 spiro atoms. The molecular formula is C21H23N5O2. The van der Waals surface area contributed by atoms with Gasteiger partial charge in [-0.05, 0) is 37.1 Å². The normalized spacial score (nSPS) is 19.5. The summed E-state index contributed by atoms with van der Waals surface area (Å²) in [6, 6.07) is 9.61. The van der Waals surface area contributed by atoms with Crippen molar-refractivity contribution in [1.29, 1.82) is 0 Å². The molecule has 0 aliphatic carbocycles. The number of hydrogen-bond donors (Lipinski definition) is 0. The van der Waals surface area contributed by atoms with Crippen LogP contribution in [-0.4, -0.2) is 57.5 Å². The summed E-state index contributed by atoms with van der Waals surface area (Å²) < 4.78 is 8.12. The van der Waals surface area contributed by atoms with Crippen molar-refractivity contribution in [2.24, 2.45) is 0 Å². The second-order valence-corrected chi connectivity index (χ2v) is 7.37. The number of amides is 1. The van der Waals surface area contributed by atoms with Gasteiger partial charge in [-0.25, -0.2) is 9.97 Å². The SMILES string of the molecule is O=C(c1cnc2ccccn12)N1CC[C@H](Oc2cccnc2N2CCCC2)C1. The fraction of sp³-hybridized carbons (Fsp3) is 0.381. The fourth-order valence-electron chi connectivity index (χ4n) is 4.08. The van der Waals surface area contributed by atoms with E-state index < -0.39 is 0 Å². The van der Waals surface area contributed by atoms with Crippen molar-refractivity contribution in [2.45, 2.75) is 25.4 Å². The number of aromatic nitrogens is 3. The lowest BCUT2D eigenvalue weighted by Crippen LogP contribution is -2.32. The summed E-state index contributed by atoms with van der Waals surface area (Å²) >= 11 is 0. The second kappa shape index (κ2) is 7.14. The van der Waals surface area contributed by atoms with E-state index in [0.29, 0.717) is 18.8 Å². The molecule has 0 unspecified atom stereocenters. The monoisotopic (exact) mass is 377 g/mol. The Kier molecular flexibility index (Phi) is 4.35. The molecule has 7 nitrogen and oxygen atoms in total. The molecule has 7 heteroatoms. The van der Waals surface area contributed by atoms with Gasteiger partial charge in [-0.3, -0.25) is 9.20 Å². The van der Waals surface area contributed by atoms with Crippen LogP contribution >= 0.6 is 0 Å². The molecule has 1 amide bonds. The molecule has 5 rings (SSSR count). The molecule has 144 valence electrons. The van der Waals surface area contributed by atoms with Crippen molar-refractivity contribution < 1.29 is 9.53 Å². The van der Waals surface area contributed by atoms with Gasteiger partial charge >= 0.3 is 0 Å². The van der Waals surface area contributed by atoms with Crippen molar-refractivity contribution in [3.8, 4) is 5.75 Å². The zero-order valence-corrected chi connectivity index (χ0v) is 15.7. The van der Waals surface area contributed by atoms with Crippen LogP contribution in [0.15, 0.2) is 48.9 Å². The van der Waals surface area contributed by atoms with Crippen LogP contribution in [0.2, 0.25) is 0 Å². The summed E-state index contributed by atoms with van der Waals surface area (Å²) in [4.78, 5) is 26.0. The molecule has 28 heavy (non-hydrogen) atoms. The Hall–Kier alpha value is -3.09. The van der Waals surface area contributed by atoms with Crippen LogP contribution < -0.4 is 9.64 Å². The van der Waals surface area contributed by atoms with Crippen molar-refractivity contribution in [1.82, 2.24) is 19.3 Å².